The minimum atomic E-state index is -4.41. The molecule has 4 nitrogen and oxygen atoms in total. The zero-order valence-electron chi connectivity index (χ0n) is 14.7. The number of nitrogens with one attached hydrogen (secondary N) is 1. The Bertz CT molecular complexity index is 927. The molecule has 3 rings (SSSR count). The first-order valence-corrected chi connectivity index (χ1v) is 9.41. The van der Waals surface area contributed by atoms with Gasteiger partial charge in [0.05, 0.1) is 16.8 Å². The van der Waals surface area contributed by atoms with E-state index in [1.165, 1.54) is 23.5 Å². The van der Waals surface area contributed by atoms with Gasteiger partial charge in [-0.3, -0.25) is 4.79 Å². The van der Waals surface area contributed by atoms with Crippen molar-refractivity contribution in [3.63, 3.8) is 0 Å². The van der Waals surface area contributed by atoms with Gasteiger partial charge in [-0.2, -0.15) is 13.2 Å². The summed E-state index contributed by atoms with van der Waals surface area (Å²) in [6.45, 7) is 0.388. The molecule has 0 aliphatic heterocycles. The first kappa shape index (κ1) is 19.9. The predicted molar refractivity (Wildman–Crippen MR) is 100 cm³/mol. The maximum Gasteiger partial charge on any atom is 0.416 e. The Balaban J connectivity index is 1.56. The molecule has 0 spiro atoms. The van der Waals surface area contributed by atoms with Gasteiger partial charge < -0.3 is 10.1 Å². The molecule has 0 saturated heterocycles. The number of amides is 1. The highest BCUT2D eigenvalue weighted by molar-refractivity contribution is 7.07. The lowest BCUT2D eigenvalue weighted by Crippen LogP contribution is -2.26. The first-order chi connectivity index (χ1) is 13.4. The third kappa shape index (κ3) is 5.32. The van der Waals surface area contributed by atoms with E-state index in [0.29, 0.717) is 17.9 Å². The number of hydrogen-bond donors (Lipinski definition) is 1. The van der Waals surface area contributed by atoms with Crippen LogP contribution in [0.25, 0.3) is 0 Å². The summed E-state index contributed by atoms with van der Waals surface area (Å²) in [5.41, 5.74) is 2.35. The molecule has 3 aromatic rings. The number of halogens is 3. The highest BCUT2D eigenvalue weighted by Gasteiger charge is 2.32. The number of hydrogen-bond acceptors (Lipinski definition) is 4. The minimum Gasteiger partial charge on any atom is -0.487 e. The summed E-state index contributed by atoms with van der Waals surface area (Å²) in [4.78, 5) is 16.4. The molecule has 8 heteroatoms. The van der Waals surface area contributed by atoms with E-state index < -0.39 is 11.7 Å². The third-order valence-corrected chi connectivity index (χ3v) is 4.60. The summed E-state index contributed by atoms with van der Waals surface area (Å²) >= 11 is 1.47. The second-order valence-corrected chi connectivity index (χ2v) is 6.68. The number of benzene rings is 2. The molecule has 0 fully saturated rings. The summed E-state index contributed by atoms with van der Waals surface area (Å²) in [6.07, 6.45) is -4.33. The number of carbonyl (C=O) groups is 1. The predicted octanol–water partition coefficient (Wildman–Crippen LogP) is 4.71. The van der Waals surface area contributed by atoms with E-state index in [2.05, 4.69) is 10.3 Å². The Morgan fingerprint density at radius 2 is 1.96 bits per heavy atom. The maximum absolute atomic E-state index is 13.0. The van der Waals surface area contributed by atoms with Crippen LogP contribution >= 0.6 is 11.3 Å². The molecule has 0 atom stereocenters. The molecule has 2 aromatic carbocycles. The van der Waals surface area contributed by atoms with Crippen LogP contribution in [-0.4, -0.2) is 17.4 Å². The van der Waals surface area contributed by atoms with Crippen molar-refractivity contribution in [3.05, 3.63) is 81.8 Å². The van der Waals surface area contributed by atoms with Crippen LogP contribution in [0.5, 0.6) is 5.75 Å². The molecule has 1 amide bonds. The van der Waals surface area contributed by atoms with Crippen molar-refractivity contribution in [2.45, 2.75) is 19.2 Å². The van der Waals surface area contributed by atoms with E-state index >= 15 is 0 Å². The van der Waals surface area contributed by atoms with Crippen molar-refractivity contribution >= 4 is 17.2 Å². The average molecular weight is 406 g/mol. The minimum absolute atomic E-state index is 0.0848. The third-order valence-electron chi connectivity index (χ3n) is 3.97. The zero-order chi connectivity index (χ0) is 20.0. The summed E-state index contributed by atoms with van der Waals surface area (Å²) < 4.78 is 44.6. The monoisotopic (exact) mass is 406 g/mol. The standard InChI is InChI=1S/C20H17F3N2O2S/c21-20(22,23)18-7-2-1-4-14(18)8-9-24-19(26)15-5-3-6-17(10-15)27-11-16-12-28-13-25-16/h1-7,10,12-13H,8-9,11H2,(H,24,26). The van der Waals surface area contributed by atoms with Crippen LogP contribution in [0.15, 0.2) is 59.4 Å². The summed E-state index contributed by atoms with van der Waals surface area (Å²) in [5, 5.41) is 4.52. The average Bonchev–Trinajstić information content (AvgIpc) is 3.20. The fourth-order valence-corrected chi connectivity index (χ4v) is 3.16. The molecule has 0 bridgehead atoms. The molecule has 1 heterocycles. The van der Waals surface area contributed by atoms with Crippen molar-refractivity contribution in [3.8, 4) is 5.75 Å². The van der Waals surface area contributed by atoms with E-state index in [1.807, 2.05) is 5.38 Å². The molecule has 0 aliphatic rings. The Hall–Kier alpha value is -2.87. The lowest BCUT2D eigenvalue weighted by molar-refractivity contribution is -0.138. The van der Waals surface area contributed by atoms with E-state index in [-0.39, 0.29) is 24.4 Å². The molecule has 1 N–H and O–H groups in total. The van der Waals surface area contributed by atoms with Gasteiger partial charge in [0.2, 0.25) is 0 Å². The summed E-state index contributed by atoms with van der Waals surface area (Å²) in [5.74, 6) is 0.145. The number of nitrogens with zero attached hydrogens (tertiary/aromatic N) is 1. The zero-order valence-corrected chi connectivity index (χ0v) is 15.5. The Kier molecular flexibility index (Phi) is 6.30. The van der Waals surface area contributed by atoms with Crippen LogP contribution in [0.4, 0.5) is 13.2 Å². The second kappa shape index (κ2) is 8.88. The molecular weight excluding hydrogens is 389 g/mol. The Morgan fingerprint density at radius 1 is 1.14 bits per heavy atom. The van der Waals surface area contributed by atoms with Gasteiger partial charge >= 0.3 is 6.18 Å². The SMILES string of the molecule is O=C(NCCc1ccccc1C(F)(F)F)c1cccc(OCc2cscn2)c1. The first-order valence-electron chi connectivity index (χ1n) is 8.47. The van der Waals surface area contributed by atoms with Crippen LogP contribution in [0.2, 0.25) is 0 Å². The molecule has 1 aromatic heterocycles. The highest BCUT2D eigenvalue weighted by atomic mass is 32.1. The van der Waals surface area contributed by atoms with Gasteiger partial charge in [-0.05, 0) is 36.2 Å². The van der Waals surface area contributed by atoms with Gasteiger partial charge in [-0.25, -0.2) is 4.98 Å². The number of alkyl halides is 3. The molecule has 0 saturated carbocycles. The molecule has 28 heavy (non-hydrogen) atoms. The van der Waals surface area contributed by atoms with E-state index in [9.17, 15) is 18.0 Å². The van der Waals surface area contributed by atoms with E-state index in [0.717, 1.165) is 11.8 Å². The van der Waals surface area contributed by atoms with E-state index in [1.54, 1.807) is 35.8 Å². The molecule has 146 valence electrons. The fourth-order valence-electron chi connectivity index (χ4n) is 2.62. The largest absolute Gasteiger partial charge is 0.487 e. The van der Waals surface area contributed by atoms with Crippen LogP contribution in [0, 0.1) is 0 Å². The van der Waals surface area contributed by atoms with Crippen molar-refractivity contribution in [2.24, 2.45) is 0 Å². The van der Waals surface area contributed by atoms with Gasteiger partial charge in [-0.1, -0.05) is 24.3 Å². The second-order valence-electron chi connectivity index (χ2n) is 5.96. The highest BCUT2D eigenvalue weighted by Crippen LogP contribution is 2.31. The van der Waals surface area contributed by atoms with Crippen molar-refractivity contribution in [1.29, 1.82) is 0 Å². The van der Waals surface area contributed by atoms with E-state index in [4.69, 9.17) is 4.74 Å². The van der Waals surface area contributed by atoms with Gasteiger partial charge in [0.15, 0.2) is 0 Å². The summed E-state index contributed by atoms with van der Waals surface area (Å²) in [6, 6.07) is 12.0. The maximum atomic E-state index is 13.0. The van der Waals surface area contributed by atoms with Crippen molar-refractivity contribution < 1.29 is 22.7 Å². The lowest BCUT2D eigenvalue weighted by Gasteiger charge is -2.13. The van der Waals surface area contributed by atoms with Crippen molar-refractivity contribution in [1.82, 2.24) is 10.3 Å². The molecular formula is C20H17F3N2O2S. The van der Waals surface area contributed by atoms with Crippen LogP contribution in [0.1, 0.15) is 27.2 Å². The number of rotatable bonds is 7. The van der Waals surface area contributed by atoms with Gasteiger partial charge in [-0.15, -0.1) is 11.3 Å². The van der Waals surface area contributed by atoms with Crippen molar-refractivity contribution in [2.75, 3.05) is 6.54 Å². The van der Waals surface area contributed by atoms with Gasteiger partial charge in [0, 0.05) is 17.5 Å². The molecule has 0 unspecified atom stereocenters. The molecule has 0 radical (unpaired) electrons. The Labute approximate surface area is 164 Å². The van der Waals surface area contributed by atoms with Crippen LogP contribution in [-0.2, 0) is 19.2 Å². The molecule has 0 aliphatic carbocycles. The fraction of sp³-hybridized carbons (Fsp3) is 0.200. The number of ether oxygens (including phenoxy) is 1. The topological polar surface area (TPSA) is 51.2 Å². The Morgan fingerprint density at radius 3 is 2.71 bits per heavy atom. The van der Waals surface area contributed by atoms with Gasteiger partial charge in [0.1, 0.15) is 12.4 Å². The quantitative estimate of drug-likeness (QED) is 0.618. The van der Waals surface area contributed by atoms with Crippen LogP contribution in [0.3, 0.4) is 0 Å². The van der Waals surface area contributed by atoms with Crippen LogP contribution < -0.4 is 10.1 Å². The number of thiazole rings is 1. The normalized spacial score (nSPS) is 11.2. The number of carbonyl (C=O) groups excluding carboxylic acids is 1. The lowest BCUT2D eigenvalue weighted by atomic mass is 10.0. The van der Waals surface area contributed by atoms with Gasteiger partial charge in [0.25, 0.3) is 5.91 Å². The number of aromatic nitrogens is 1. The smallest absolute Gasteiger partial charge is 0.416 e. The summed E-state index contributed by atoms with van der Waals surface area (Å²) in [7, 11) is 0.